The third kappa shape index (κ3) is 3.52. The highest BCUT2D eigenvalue weighted by molar-refractivity contribution is 7.13. The van der Waals surface area contributed by atoms with Crippen LogP contribution < -0.4 is 10.5 Å². The molecule has 0 aliphatic carbocycles. The van der Waals surface area contributed by atoms with Crippen LogP contribution in [-0.2, 0) is 6.54 Å². The van der Waals surface area contributed by atoms with Crippen molar-refractivity contribution in [3.63, 3.8) is 0 Å². The van der Waals surface area contributed by atoms with E-state index in [0.717, 1.165) is 17.0 Å². The van der Waals surface area contributed by atoms with E-state index in [1.807, 2.05) is 6.92 Å². The standard InChI is InChI=1S/C8H13N3OS/c1-6(2)3-4-12-8-11-10-7(5-9)13-8/h1,3-5,9H2,2H3. The van der Waals surface area contributed by atoms with Gasteiger partial charge in [0.05, 0.1) is 6.61 Å². The molecule has 0 saturated carbocycles. The lowest BCUT2D eigenvalue weighted by atomic mass is 10.3. The van der Waals surface area contributed by atoms with Gasteiger partial charge in [-0.2, -0.15) is 0 Å². The van der Waals surface area contributed by atoms with Gasteiger partial charge in [-0.3, -0.25) is 0 Å². The molecule has 2 N–H and O–H groups in total. The topological polar surface area (TPSA) is 61.0 Å². The van der Waals surface area contributed by atoms with Crippen LogP contribution in [0.15, 0.2) is 12.2 Å². The molecule has 4 nitrogen and oxygen atoms in total. The molecule has 1 rings (SSSR count). The molecule has 72 valence electrons. The first kappa shape index (κ1) is 10.1. The van der Waals surface area contributed by atoms with E-state index in [4.69, 9.17) is 10.5 Å². The van der Waals surface area contributed by atoms with Gasteiger partial charge >= 0.3 is 0 Å². The number of hydrogen-bond donors (Lipinski definition) is 1. The summed E-state index contributed by atoms with van der Waals surface area (Å²) < 4.78 is 5.33. The van der Waals surface area contributed by atoms with Gasteiger partial charge in [0.1, 0.15) is 5.01 Å². The number of rotatable bonds is 5. The third-order valence-corrected chi connectivity index (χ3v) is 2.24. The van der Waals surface area contributed by atoms with Crippen molar-refractivity contribution < 1.29 is 4.74 Å². The lowest BCUT2D eigenvalue weighted by molar-refractivity contribution is 0.317. The summed E-state index contributed by atoms with van der Waals surface area (Å²) in [6.45, 7) is 6.77. The molecule has 1 aromatic rings. The van der Waals surface area contributed by atoms with Crippen LogP contribution in [0.3, 0.4) is 0 Å². The molecule has 0 saturated heterocycles. The Morgan fingerprint density at radius 3 is 2.92 bits per heavy atom. The van der Waals surface area contributed by atoms with Crippen LogP contribution in [0.25, 0.3) is 0 Å². The minimum Gasteiger partial charge on any atom is -0.469 e. The maximum atomic E-state index is 5.38. The van der Waals surface area contributed by atoms with Crippen molar-refractivity contribution in [2.24, 2.45) is 5.73 Å². The molecule has 0 aromatic carbocycles. The van der Waals surface area contributed by atoms with Gasteiger partial charge in [-0.25, -0.2) is 0 Å². The van der Waals surface area contributed by atoms with E-state index in [9.17, 15) is 0 Å². The first-order chi connectivity index (χ1) is 6.22. The van der Waals surface area contributed by atoms with Crippen molar-refractivity contribution in [3.05, 3.63) is 17.2 Å². The Hall–Kier alpha value is -0.940. The van der Waals surface area contributed by atoms with Crippen LogP contribution in [0, 0.1) is 0 Å². The highest BCUT2D eigenvalue weighted by Crippen LogP contribution is 2.17. The summed E-state index contributed by atoms with van der Waals surface area (Å²) in [5, 5.41) is 9.03. The average molecular weight is 199 g/mol. The van der Waals surface area contributed by atoms with E-state index in [0.29, 0.717) is 18.3 Å². The second-order valence-electron chi connectivity index (χ2n) is 2.72. The van der Waals surface area contributed by atoms with Crippen molar-refractivity contribution >= 4 is 11.3 Å². The molecule has 0 aliphatic heterocycles. The van der Waals surface area contributed by atoms with Crippen molar-refractivity contribution in [1.82, 2.24) is 10.2 Å². The van der Waals surface area contributed by atoms with Gasteiger partial charge in [0.15, 0.2) is 0 Å². The Labute approximate surface area is 81.4 Å². The monoisotopic (exact) mass is 199 g/mol. The quantitative estimate of drug-likeness (QED) is 0.727. The molecule has 0 bridgehead atoms. The van der Waals surface area contributed by atoms with E-state index in [2.05, 4.69) is 16.8 Å². The molecule has 1 aromatic heterocycles. The zero-order valence-electron chi connectivity index (χ0n) is 7.62. The zero-order valence-corrected chi connectivity index (χ0v) is 8.43. The first-order valence-corrected chi connectivity index (χ1v) is 4.83. The predicted molar refractivity (Wildman–Crippen MR) is 52.7 cm³/mol. The van der Waals surface area contributed by atoms with Crippen LogP contribution in [0.4, 0.5) is 0 Å². The highest BCUT2D eigenvalue weighted by Gasteiger charge is 2.02. The van der Waals surface area contributed by atoms with Crippen LogP contribution in [0.5, 0.6) is 5.19 Å². The molecule has 13 heavy (non-hydrogen) atoms. The molecule has 0 fully saturated rings. The van der Waals surface area contributed by atoms with Crippen LogP contribution in [0.2, 0.25) is 0 Å². The minimum atomic E-state index is 0.418. The Morgan fingerprint density at radius 2 is 2.38 bits per heavy atom. The van der Waals surface area contributed by atoms with E-state index >= 15 is 0 Å². The fourth-order valence-electron chi connectivity index (χ4n) is 0.692. The summed E-state index contributed by atoms with van der Waals surface area (Å²) in [5.41, 5.74) is 6.48. The van der Waals surface area contributed by atoms with Gasteiger partial charge in [0, 0.05) is 13.0 Å². The van der Waals surface area contributed by atoms with E-state index < -0.39 is 0 Å². The number of nitrogens with zero attached hydrogens (tertiary/aromatic N) is 2. The third-order valence-electron chi connectivity index (χ3n) is 1.38. The zero-order chi connectivity index (χ0) is 9.68. The lowest BCUT2D eigenvalue weighted by Crippen LogP contribution is -1.96. The Balaban J connectivity index is 2.32. The summed E-state index contributed by atoms with van der Waals surface area (Å²) in [4.78, 5) is 0. The normalized spacial score (nSPS) is 10.0. The van der Waals surface area contributed by atoms with Gasteiger partial charge in [-0.15, -0.1) is 16.8 Å². The van der Waals surface area contributed by atoms with Crippen molar-refractivity contribution in [1.29, 1.82) is 0 Å². The molecule has 0 unspecified atom stereocenters. The van der Waals surface area contributed by atoms with E-state index in [-0.39, 0.29) is 0 Å². The fourth-order valence-corrected chi connectivity index (χ4v) is 1.28. The minimum absolute atomic E-state index is 0.418. The summed E-state index contributed by atoms with van der Waals surface area (Å²) in [5.74, 6) is 0. The van der Waals surface area contributed by atoms with Gasteiger partial charge in [0.25, 0.3) is 5.19 Å². The molecule has 5 heteroatoms. The molecular weight excluding hydrogens is 186 g/mol. The molecule has 0 aliphatic rings. The number of hydrogen-bond acceptors (Lipinski definition) is 5. The molecule has 0 spiro atoms. The van der Waals surface area contributed by atoms with E-state index in [1.165, 1.54) is 11.3 Å². The number of ether oxygens (including phenoxy) is 1. The van der Waals surface area contributed by atoms with Crippen LogP contribution >= 0.6 is 11.3 Å². The van der Waals surface area contributed by atoms with Crippen LogP contribution in [0.1, 0.15) is 18.4 Å². The van der Waals surface area contributed by atoms with Gasteiger partial charge in [-0.05, 0) is 6.92 Å². The summed E-state index contributed by atoms with van der Waals surface area (Å²) in [7, 11) is 0. The lowest BCUT2D eigenvalue weighted by Gasteiger charge is -1.99. The van der Waals surface area contributed by atoms with Crippen molar-refractivity contribution in [2.75, 3.05) is 6.61 Å². The molecule has 0 radical (unpaired) electrons. The van der Waals surface area contributed by atoms with E-state index in [1.54, 1.807) is 0 Å². The summed E-state index contributed by atoms with van der Waals surface area (Å²) in [6, 6.07) is 0. The van der Waals surface area contributed by atoms with Gasteiger partial charge in [0.2, 0.25) is 0 Å². The largest absolute Gasteiger partial charge is 0.469 e. The predicted octanol–water partition coefficient (Wildman–Crippen LogP) is 1.34. The van der Waals surface area contributed by atoms with Crippen molar-refractivity contribution in [2.45, 2.75) is 19.9 Å². The Morgan fingerprint density at radius 1 is 1.62 bits per heavy atom. The van der Waals surface area contributed by atoms with Crippen molar-refractivity contribution in [3.8, 4) is 5.19 Å². The SMILES string of the molecule is C=C(C)CCOc1nnc(CN)s1. The summed E-state index contributed by atoms with van der Waals surface area (Å²) in [6.07, 6.45) is 0.845. The second-order valence-corrected chi connectivity index (χ2v) is 3.75. The molecule has 0 amide bonds. The second kappa shape index (κ2) is 4.94. The van der Waals surface area contributed by atoms with Gasteiger partial charge in [-0.1, -0.05) is 16.9 Å². The highest BCUT2D eigenvalue weighted by atomic mass is 32.1. The average Bonchev–Trinajstić information content (AvgIpc) is 2.52. The number of nitrogens with two attached hydrogens (primary N) is 1. The Kier molecular flexibility index (Phi) is 3.85. The molecule has 1 heterocycles. The smallest absolute Gasteiger partial charge is 0.294 e. The van der Waals surface area contributed by atoms with Crippen LogP contribution in [-0.4, -0.2) is 16.8 Å². The van der Waals surface area contributed by atoms with Gasteiger partial charge < -0.3 is 10.5 Å². The molecular formula is C8H13N3OS. The molecule has 0 atom stereocenters. The maximum absolute atomic E-state index is 5.38. The number of aromatic nitrogens is 2. The summed E-state index contributed by atoms with van der Waals surface area (Å²) >= 11 is 1.39. The maximum Gasteiger partial charge on any atom is 0.294 e. The fraction of sp³-hybridized carbons (Fsp3) is 0.500. The first-order valence-electron chi connectivity index (χ1n) is 4.02. The Bertz CT molecular complexity index is 285.